The first-order valence-corrected chi connectivity index (χ1v) is 7.32. The van der Waals surface area contributed by atoms with Gasteiger partial charge >= 0.3 is 6.09 Å². The van der Waals surface area contributed by atoms with Crippen molar-refractivity contribution in [2.45, 2.75) is 13.3 Å². The lowest BCUT2D eigenvalue weighted by atomic mass is 10.0. The van der Waals surface area contributed by atoms with Gasteiger partial charge in [0.1, 0.15) is 0 Å². The highest BCUT2D eigenvalue weighted by Gasteiger charge is 2.16. The van der Waals surface area contributed by atoms with Crippen LogP contribution in [0.1, 0.15) is 29.3 Å². The van der Waals surface area contributed by atoms with Crippen LogP contribution in [-0.4, -0.2) is 18.5 Å². The number of hydrogen-bond donors (Lipinski definition) is 1. The van der Waals surface area contributed by atoms with Crippen LogP contribution < -0.4 is 5.32 Å². The molecular formula is C17H16ClNO3. The first kappa shape index (κ1) is 16.0. The van der Waals surface area contributed by atoms with E-state index in [1.54, 1.807) is 36.4 Å². The maximum absolute atomic E-state index is 12.6. The molecule has 0 saturated carbocycles. The number of carbonyl (C=O) groups is 2. The Bertz CT molecular complexity index is 671. The molecule has 0 aliphatic carbocycles. The van der Waals surface area contributed by atoms with Gasteiger partial charge in [0.2, 0.25) is 0 Å². The Morgan fingerprint density at radius 2 is 1.86 bits per heavy atom. The Kier molecular flexibility index (Phi) is 5.55. The molecule has 114 valence electrons. The third-order valence-corrected chi connectivity index (χ3v) is 3.17. The van der Waals surface area contributed by atoms with Gasteiger partial charge in [-0.25, -0.2) is 4.79 Å². The van der Waals surface area contributed by atoms with E-state index in [-0.39, 0.29) is 5.78 Å². The van der Waals surface area contributed by atoms with Crippen molar-refractivity contribution >= 4 is 29.2 Å². The molecule has 1 amide bonds. The first-order valence-electron chi connectivity index (χ1n) is 6.95. The number of nitrogens with one attached hydrogen (secondary N) is 1. The van der Waals surface area contributed by atoms with Crippen molar-refractivity contribution in [3.63, 3.8) is 0 Å². The fourth-order valence-electron chi connectivity index (χ4n) is 1.90. The summed E-state index contributed by atoms with van der Waals surface area (Å²) in [5.41, 5.74) is 1.22. The molecular weight excluding hydrogens is 302 g/mol. The lowest BCUT2D eigenvalue weighted by Crippen LogP contribution is -2.16. The first-order chi connectivity index (χ1) is 10.6. The van der Waals surface area contributed by atoms with E-state index in [1.165, 1.54) is 6.07 Å². The topological polar surface area (TPSA) is 55.4 Å². The number of halogens is 1. The summed E-state index contributed by atoms with van der Waals surface area (Å²) in [6.07, 6.45) is 0.135. The van der Waals surface area contributed by atoms with E-state index >= 15 is 0 Å². The minimum absolute atomic E-state index is 0.214. The lowest BCUT2D eigenvalue weighted by Gasteiger charge is -2.11. The summed E-state index contributed by atoms with van der Waals surface area (Å²) in [7, 11) is 0. The predicted octanol–water partition coefficient (Wildman–Crippen LogP) is 4.53. The number of benzene rings is 2. The van der Waals surface area contributed by atoms with E-state index in [4.69, 9.17) is 16.3 Å². The number of carbonyl (C=O) groups excluding carboxylic acids is 2. The summed E-state index contributed by atoms with van der Waals surface area (Å²) < 4.78 is 4.97. The number of ketones is 1. The van der Waals surface area contributed by atoms with Gasteiger partial charge < -0.3 is 4.74 Å². The van der Waals surface area contributed by atoms with Gasteiger partial charge in [-0.15, -0.1) is 0 Å². The predicted molar refractivity (Wildman–Crippen MR) is 86.6 cm³/mol. The van der Waals surface area contributed by atoms with E-state index in [2.05, 4.69) is 5.32 Å². The Morgan fingerprint density at radius 1 is 1.14 bits per heavy atom. The summed E-state index contributed by atoms with van der Waals surface area (Å²) in [6.45, 7) is 2.22. The molecule has 2 aromatic carbocycles. The van der Waals surface area contributed by atoms with Crippen molar-refractivity contribution < 1.29 is 14.3 Å². The van der Waals surface area contributed by atoms with Gasteiger partial charge in [-0.2, -0.15) is 0 Å². The second-order valence-corrected chi connectivity index (χ2v) is 5.08. The Hall–Kier alpha value is -2.33. The number of rotatable bonds is 5. The van der Waals surface area contributed by atoms with E-state index in [9.17, 15) is 9.59 Å². The average molecular weight is 318 g/mol. The standard InChI is InChI=1S/C17H16ClNO3/c1-2-10-22-17(21)19-15-9-8-13(18)11-14(15)16(20)12-6-4-3-5-7-12/h3-9,11H,2,10H2,1H3,(H,19,21). The van der Waals surface area contributed by atoms with E-state index in [0.29, 0.717) is 28.4 Å². The van der Waals surface area contributed by atoms with Crippen LogP contribution in [0.3, 0.4) is 0 Å². The normalized spacial score (nSPS) is 10.1. The molecule has 0 aliphatic heterocycles. The van der Waals surface area contributed by atoms with Gasteiger partial charge in [0.05, 0.1) is 12.3 Å². The molecule has 0 atom stereocenters. The SMILES string of the molecule is CCCOC(=O)Nc1ccc(Cl)cc1C(=O)c1ccccc1. The van der Waals surface area contributed by atoms with Crippen LogP contribution in [0.4, 0.5) is 10.5 Å². The number of amides is 1. The Labute approximate surface area is 134 Å². The van der Waals surface area contributed by atoms with Crippen molar-refractivity contribution in [1.82, 2.24) is 0 Å². The van der Waals surface area contributed by atoms with E-state index in [1.807, 2.05) is 13.0 Å². The van der Waals surface area contributed by atoms with Crippen LogP contribution in [0.5, 0.6) is 0 Å². The molecule has 22 heavy (non-hydrogen) atoms. The molecule has 0 heterocycles. The molecule has 2 aromatic rings. The molecule has 0 unspecified atom stereocenters. The number of anilines is 1. The molecule has 4 nitrogen and oxygen atoms in total. The molecule has 0 saturated heterocycles. The van der Waals surface area contributed by atoms with Gasteiger partial charge in [0.15, 0.2) is 5.78 Å². The molecule has 0 aliphatic rings. The number of hydrogen-bond acceptors (Lipinski definition) is 3. The van der Waals surface area contributed by atoms with Crippen LogP contribution in [0, 0.1) is 0 Å². The van der Waals surface area contributed by atoms with Gasteiger partial charge in [0, 0.05) is 16.1 Å². The zero-order valence-corrected chi connectivity index (χ0v) is 12.9. The molecule has 0 bridgehead atoms. The summed E-state index contributed by atoms with van der Waals surface area (Å²) in [5.74, 6) is -0.214. The van der Waals surface area contributed by atoms with Crippen molar-refractivity contribution in [2.75, 3.05) is 11.9 Å². The Morgan fingerprint density at radius 3 is 2.55 bits per heavy atom. The monoisotopic (exact) mass is 317 g/mol. The zero-order chi connectivity index (χ0) is 15.9. The minimum atomic E-state index is -0.591. The minimum Gasteiger partial charge on any atom is -0.449 e. The fourth-order valence-corrected chi connectivity index (χ4v) is 2.07. The molecule has 1 N–H and O–H groups in total. The maximum atomic E-state index is 12.6. The summed E-state index contributed by atoms with van der Waals surface area (Å²) >= 11 is 5.97. The van der Waals surface area contributed by atoms with Crippen LogP contribution >= 0.6 is 11.6 Å². The van der Waals surface area contributed by atoms with Crippen LogP contribution in [-0.2, 0) is 4.74 Å². The third kappa shape index (κ3) is 4.09. The largest absolute Gasteiger partial charge is 0.449 e. The highest BCUT2D eigenvalue weighted by atomic mass is 35.5. The van der Waals surface area contributed by atoms with Crippen molar-refractivity contribution in [1.29, 1.82) is 0 Å². The molecule has 0 spiro atoms. The average Bonchev–Trinajstić information content (AvgIpc) is 2.54. The van der Waals surface area contributed by atoms with E-state index in [0.717, 1.165) is 6.42 Å². The molecule has 0 radical (unpaired) electrons. The van der Waals surface area contributed by atoms with Crippen LogP contribution in [0.2, 0.25) is 5.02 Å². The quantitative estimate of drug-likeness (QED) is 0.824. The molecule has 0 fully saturated rings. The highest BCUT2D eigenvalue weighted by Crippen LogP contribution is 2.24. The van der Waals surface area contributed by atoms with E-state index < -0.39 is 6.09 Å². The van der Waals surface area contributed by atoms with Gasteiger partial charge in [0.25, 0.3) is 0 Å². The zero-order valence-electron chi connectivity index (χ0n) is 12.1. The number of ether oxygens (including phenoxy) is 1. The van der Waals surface area contributed by atoms with Crippen LogP contribution in [0.25, 0.3) is 0 Å². The highest BCUT2D eigenvalue weighted by molar-refractivity contribution is 6.31. The van der Waals surface area contributed by atoms with Crippen molar-refractivity contribution in [3.8, 4) is 0 Å². The second kappa shape index (κ2) is 7.61. The summed E-state index contributed by atoms with van der Waals surface area (Å²) in [6, 6.07) is 13.5. The van der Waals surface area contributed by atoms with Crippen LogP contribution in [0.15, 0.2) is 48.5 Å². The Balaban J connectivity index is 2.28. The third-order valence-electron chi connectivity index (χ3n) is 2.94. The second-order valence-electron chi connectivity index (χ2n) is 4.65. The van der Waals surface area contributed by atoms with Crippen molar-refractivity contribution in [2.24, 2.45) is 0 Å². The smallest absolute Gasteiger partial charge is 0.411 e. The van der Waals surface area contributed by atoms with Gasteiger partial charge in [-0.1, -0.05) is 48.9 Å². The summed E-state index contributed by atoms with van der Waals surface area (Å²) in [4.78, 5) is 24.3. The lowest BCUT2D eigenvalue weighted by molar-refractivity contribution is 0.103. The summed E-state index contributed by atoms with van der Waals surface area (Å²) in [5, 5.41) is 3.01. The maximum Gasteiger partial charge on any atom is 0.411 e. The van der Waals surface area contributed by atoms with Gasteiger partial charge in [-0.05, 0) is 24.6 Å². The fraction of sp³-hybridized carbons (Fsp3) is 0.176. The molecule has 0 aromatic heterocycles. The molecule has 2 rings (SSSR count). The van der Waals surface area contributed by atoms with Gasteiger partial charge in [-0.3, -0.25) is 10.1 Å². The van der Waals surface area contributed by atoms with Crippen molar-refractivity contribution in [3.05, 3.63) is 64.7 Å². The molecule has 5 heteroatoms.